The molecular weight excluding hydrogens is 447 g/mol. The third-order valence-corrected chi connectivity index (χ3v) is 6.36. The van der Waals surface area contributed by atoms with Crippen LogP contribution < -0.4 is 19.9 Å². The molecule has 0 fully saturated rings. The zero-order chi connectivity index (χ0) is 25.5. The molecule has 0 saturated heterocycles. The minimum absolute atomic E-state index is 0.0982. The van der Waals surface area contributed by atoms with Gasteiger partial charge >= 0.3 is 6.03 Å². The lowest BCUT2D eigenvalue weighted by Gasteiger charge is -2.35. The van der Waals surface area contributed by atoms with Crippen LogP contribution in [0.4, 0.5) is 26.6 Å². The molecule has 1 N–H and O–H groups in total. The van der Waals surface area contributed by atoms with E-state index in [2.05, 4.69) is 47.9 Å². The number of fused-ring (bicyclic) bond motifs is 1. The Morgan fingerprint density at radius 1 is 1.17 bits per heavy atom. The average Bonchev–Trinajstić information content (AvgIpc) is 2.83. The highest BCUT2D eigenvalue weighted by Crippen LogP contribution is 2.34. The number of urea groups is 1. The van der Waals surface area contributed by atoms with Gasteiger partial charge in [-0.1, -0.05) is 12.5 Å². The van der Waals surface area contributed by atoms with Crippen LogP contribution in [0.3, 0.4) is 0 Å². The summed E-state index contributed by atoms with van der Waals surface area (Å²) in [4.78, 5) is 27.8. The van der Waals surface area contributed by atoms with Crippen LogP contribution in [-0.2, 0) is 6.54 Å². The lowest BCUT2D eigenvalue weighted by Crippen LogP contribution is -2.48. The Labute approximate surface area is 208 Å². The first-order valence-corrected chi connectivity index (χ1v) is 12.6. The van der Waals surface area contributed by atoms with Gasteiger partial charge in [-0.15, -0.1) is 0 Å². The van der Waals surface area contributed by atoms with Crippen molar-refractivity contribution in [2.75, 3.05) is 41.9 Å². The van der Waals surface area contributed by atoms with Crippen molar-refractivity contribution < 1.29 is 13.9 Å². The van der Waals surface area contributed by atoms with Crippen molar-refractivity contribution >= 4 is 23.5 Å². The van der Waals surface area contributed by atoms with Crippen molar-refractivity contribution in [3.05, 3.63) is 35.8 Å². The summed E-state index contributed by atoms with van der Waals surface area (Å²) in [6.07, 6.45) is 5.00. The first-order chi connectivity index (χ1) is 16.8. The van der Waals surface area contributed by atoms with Gasteiger partial charge in [0.05, 0.1) is 19.3 Å². The number of benzene rings is 1. The van der Waals surface area contributed by atoms with E-state index in [0.29, 0.717) is 30.4 Å². The van der Waals surface area contributed by atoms with E-state index in [1.165, 1.54) is 18.1 Å². The van der Waals surface area contributed by atoms with Crippen molar-refractivity contribution in [3.63, 3.8) is 0 Å². The summed E-state index contributed by atoms with van der Waals surface area (Å²) in [5.41, 5.74) is 0.941. The summed E-state index contributed by atoms with van der Waals surface area (Å²) >= 11 is 0. The highest BCUT2D eigenvalue weighted by atomic mass is 19.1. The zero-order valence-electron chi connectivity index (χ0n) is 21.8. The molecule has 0 radical (unpaired) electrons. The number of anilines is 3. The van der Waals surface area contributed by atoms with Crippen LogP contribution in [0.25, 0.3) is 0 Å². The molecule has 35 heavy (non-hydrogen) atoms. The molecule has 2 aromatic rings. The van der Waals surface area contributed by atoms with E-state index in [4.69, 9.17) is 4.74 Å². The molecule has 1 aromatic heterocycles. The summed E-state index contributed by atoms with van der Waals surface area (Å²) in [6, 6.07) is 5.56. The van der Waals surface area contributed by atoms with E-state index in [1.807, 2.05) is 6.92 Å². The van der Waals surface area contributed by atoms with E-state index < -0.39 is 5.82 Å². The minimum Gasteiger partial charge on any atom is -0.494 e. The number of carbonyl (C=O) groups is 1. The van der Waals surface area contributed by atoms with Gasteiger partial charge in [0.15, 0.2) is 11.6 Å². The van der Waals surface area contributed by atoms with Crippen LogP contribution in [0, 0.1) is 5.82 Å². The van der Waals surface area contributed by atoms with Gasteiger partial charge in [-0.3, -0.25) is 14.7 Å². The summed E-state index contributed by atoms with van der Waals surface area (Å²) in [7, 11) is 1.40. The number of methoxy groups -OCH3 is 1. The third-order valence-electron chi connectivity index (χ3n) is 6.36. The topological polar surface area (TPSA) is 73.8 Å². The minimum atomic E-state index is -0.563. The second-order valence-electron chi connectivity index (χ2n) is 9.36. The summed E-state index contributed by atoms with van der Waals surface area (Å²) in [5, 5.41) is 3.29. The van der Waals surface area contributed by atoms with Crippen LogP contribution in [0.2, 0.25) is 0 Å². The third kappa shape index (κ3) is 6.20. The van der Waals surface area contributed by atoms with Crippen LogP contribution in [0.5, 0.6) is 5.75 Å². The van der Waals surface area contributed by atoms with Crippen molar-refractivity contribution in [3.8, 4) is 5.75 Å². The first-order valence-electron chi connectivity index (χ1n) is 12.6. The molecule has 0 atom stereocenters. The largest absolute Gasteiger partial charge is 0.494 e. The van der Waals surface area contributed by atoms with Gasteiger partial charge < -0.3 is 10.1 Å². The number of ether oxygens (including phenoxy) is 1. The van der Waals surface area contributed by atoms with E-state index in [9.17, 15) is 9.18 Å². The molecule has 0 bridgehead atoms. The highest BCUT2D eigenvalue weighted by molar-refractivity contribution is 6.05. The number of nitrogens with one attached hydrogen (secondary N) is 1. The van der Waals surface area contributed by atoms with Gasteiger partial charge in [0.2, 0.25) is 5.95 Å². The fourth-order valence-electron chi connectivity index (χ4n) is 4.55. The first kappa shape index (κ1) is 26.7. The van der Waals surface area contributed by atoms with Crippen molar-refractivity contribution in [1.29, 1.82) is 0 Å². The van der Waals surface area contributed by atoms with Gasteiger partial charge in [-0.05, 0) is 66.1 Å². The Balaban J connectivity index is 1.62. The maximum absolute atomic E-state index is 14.9. The molecule has 2 heterocycles. The number of carbonyl (C=O) groups excluding carboxylic acids is 1. The molecule has 1 aromatic carbocycles. The number of nitrogens with zero attached hydrogens (tertiary/aromatic N) is 5. The molecule has 1 aliphatic heterocycles. The van der Waals surface area contributed by atoms with Gasteiger partial charge in [-0.25, -0.2) is 14.2 Å². The molecule has 0 aliphatic carbocycles. The molecule has 1 aliphatic rings. The van der Waals surface area contributed by atoms with Gasteiger partial charge in [-0.2, -0.15) is 4.98 Å². The number of aromatic nitrogens is 2. The Morgan fingerprint density at radius 3 is 2.57 bits per heavy atom. The standard InChI is InChI=1S/C26H39FN6O2/c1-7-31-24-20(17-33(26(31)34)21-12-11-13-22(35-6)23(21)27)16-29-25(30-24)28-14-9-8-10-15-32(18(2)3)19(4)5/h11-13,16,18-19H,7-10,14-15,17H2,1-6H3,(H,28,29,30). The number of hydrogen-bond acceptors (Lipinski definition) is 6. The van der Waals surface area contributed by atoms with E-state index >= 15 is 0 Å². The Bertz CT molecular complexity index is 992. The molecule has 0 spiro atoms. The number of unbranched alkanes of at least 4 members (excludes halogenated alkanes) is 2. The van der Waals surface area contributed by atoms with Crippen LogP contribution >= 0.6 is 0 Å². The normalized spacial score (nSPS) is 13.7. The SMILES string of the molecule is CCN1C(=O)N(c2cccc(OC)c2F)Cc2cnc(NCCCCCN(C(C)C)C(C)C)nc21. The monoisotopic (exact) mass is 486 g/mol. The number of halogens is 1. The van der Waals surface area contributed by atoms with Gasteiger partial charge in [0.1, 0.15) is 5.82 Å². The summed E-state index contributed by atoms with van der Waals surface area (Å²) in [5.74, 6) is 0.606. The second-order valence-corrected chi connectivity index (χ2v) is 9.36. The van der Waals surface area contributed by atoms with E-state index in [1.54, 1.807) is 23.2 Å². The second kappa shape index (κ2) is 12.2. The van der Waals surface area contributed by atoms with Crippen LogP contribution in [0.15, 0.2) is 24.4 Å². The maximum Gasteiger partial charge on any atom is 0.330 e. The molecule has 2 amide bonds. The van der Waals surface area contributed by atoms with Crippen molar-refractivity contribution in [2.45, 2.75) is 72.5 Å². The van der Waals surface area contributed by atoms with Crippen LogP contribution in [0.1, 0.15) is 59.4 Å². The van der Waals surface area contributed by atoms with Crippen LogP contribution in [-0.4, -0.2) is 59.7 Å². The smallest absolute Gasteiger partial charge is 0.330 e. The summed E-state index contributed by atoms with van der Waals surface area (Å²) < 4.78 is 20.0. The Morgan fingerprint density at radius 2 is 1.91 bits per heavy atom. The average molecular weight is 487 g/mol. The van der Waals surface area contributed by atoms with Crippen molar-refractivity contribution in [2.24, 2.45) is 0 Å². The van der Waals surface area contributed by atoms with E-state index in [0.717, 1.165) is 37.9 Å². The molecular formula is C26H39FN6O2. The lowest BCUT2D eigenvalue weighted by atomic mass is 10.1. The molecule has 3 rings (SSSR count). The summed E-state index contributed by atoms with van der Waals surface area (Å²) in [6.45, 7) is 13.3. The molecule has 0 unspecified atom stereocenters. The van der Waals surface area contributed by atoms with Gasteiger partial charge in [0.25, 0.3) is 0 Å². The fraction of sp³-hybridized carbons (Fsp3) is 0.577. The number of hydrogen-bond donors (Lipinski definition) is 1. The number of rotatable bonds is 12. The number of amides is 2. The van der Waals surface area contributed by atoms with Crippen molar-refractivity contribution in [1.82, 2.24) is 14.9 Å². The molecule has 8 nitrogen and oxygen atoms in total. The lowest BCUT2D eigenvalue weighted by molar-refractivity contribution is 0.171. The quantitative estimate of drug-likeness (QED) is 0.411. The molecule has 0 saturated carbocycles. The fourth-order valence-corrected chi connectivity index (χ4v) is 4.55. The van der Waals surface area contributed by atoms with E-state index in [-0.39, 0.29) is 24.0 Å². The Hall–Kier alpha value is -2.94. The maximum atomic E-state index is 14.9. The predicted molar refractivity (Wildman–Crippen MR) is 139 cm³/mol. The molecule has 192 valence electrons. The van der Waals surface area contributed by atoms with Gasteiger partial charge in [0, 0.05) is 36.9 Å². The highest BCUT2D eigenvalue weighted by Gasteiger charge is 2.34. The molecule has 9 heteroatoms. The zero-order valence-corrected chi connectivity index (χ0v) is 21.8. The Kier molecular flexibility index (Phi) is 9.26. The predicted octanol–water partition coefficient (Wildman–Crippen LogP) is 5.29.